The van der Waals surface area contributed by atoms with Crippen molar-refractivity contribution in [3.8, 4) is 23.0 Å². The SMILES string of the molecule is CCOc1cc(OCCOc2ccccc2OC)c(Cl)cc1C=O. The summed E-state index contributed by atoms with van der Waals surface area (Å²) >= 11 is 6.12. The number of halogens is 1. The van der Waals surface area contributed by atoms with Crippen LogP contribution < -0.4 is 18.9 Å². The summed E-state index contributed by atoms with van der Waals surface area (Å²) in [7, 11) is 1.59. The molecule has 2 aromatic carbocycles. The minimum Gasteiger partial charge on any atom is -0.493 e. The molecule has 0 amide bonds. The lowest BCUT2D eigenvalue weighted by atomic mass is 10.2. The molecule has 0 aliphatic carbocycles. The Bertz CT molecular complexity index is 687. The van der Waals surface area contributed by atoms with Crippen LogP contribution in [0.3, 0.4) is 0 Å². The van der Waals surface area contributed by atoms with Gasteiger partial charge in [0.2, 0.25) is 0 Å². The number of hydrogen-bond acceptors (Lipinski definition) is 5. The molecule has 0 saturated heterocycles. The second-order valence-electron chi connectivity index (χ2n) is 4.72. The second kappa shape index (κ2) is 9.03. The van der Waals surface area contributed by atoms with E-state index in [0.29, 0.717) is 53.1 Å². The first kappa shape index (κ1) is 17.9. The van der Waals surface area contributed by atoms with Crippen LogP contribution in [-0.4, -0.2) is 33.2 Å². The van der Waals surface area contributed by atoms with Crippen molar-refractivity contribution in [2.45, 2.75) is 6.92 Å². The average Bonchev–Trinajstić information content (AvgIpc) is 2.61. The van der Waals surface area contributed by atoms with E-state index in [0.717, 1.165) is 0 Å². The summed E-state index contributed by atoms with van der Waals surface area (Å²) in [5, 5.41) is 0.345. The van der Waals surface area contributed by atoms with E-state index in [-0.39, 0.29) is 6.61 Å². The maximum absolute atomic E-state index is 11.0. The van der Waals surface area contributed by atoms with Crippen LogP contribution in [0.4, 0.5) is 0 Å². The predicted molar refractivity (Wildman–Crippen MR) is 92.0 cm³/mol. The van der Waals surface area contributed by atoms with Crippen LogP contribution in [0.5, 0.6) is 23.0 Å². The number of methoxy groups -OCH3 is 1. The average molecular weight is 351 g/mol. The summed E-state index contributed by atoms with van der Waals surface area (Å²) in [6, 6.07) is 10.5. The van der Waals surface area contributed by atoms with E-state index in [1.165, 1.54) is 6.07 Å². The smallest absolute Gasteiger partial charge is 0.161 e. The van der Waals surface area contributed by atoms with Gasteiger partial charge < -0.3 is 18.9 Å². The summed E-state index contributed by atoms with van der Waals surface area (Å²) in [6.45, 7) is 2.88. The zero-order valence-electron chi connectivity index (χ0n) is 13.6. The first-order valence-electron chi connectivity index (χ1n) is 7.49. The molecule has 5 nitrogen and oxygen atoms in total. The summed E-state index contributed by atoms with van der Waals surface area (Å²) < 4.78 is 21.9. The number of carbonyl (C=O) groups is 1. The fraction of sp³-hybridized carbons (Fsp3) is 0.278. The molecule has 6 heteroatoms. The minimum atomic E-state index is 0.282. The van der Waals surface area contributed by atoms with E-state index in [4.69, 9.17) is 30.5 Å². The van der Waals surface area contributed by atoms with Gasteiger partial charge in [-0.25, -0.2) is 0 Å². The number of ether oxygens (including phenoxy) is 4. The molecule has 0 saturated carbocycles. The third kappa shape index (κ3) is 4.55. The summed E-state index contributed by atoms with van der Waals surface area (Å²) in [5.41, 5.74) is 0.388. The fourth-order valence-corrected chi connectivity index (χ4v) is 2.30. The Morgan fingerprint density at radius 2 is 1.62 bits per heavy atom. The maximum atomic E-state index is 11.0. The normalized spacial score (nSPS) is 10.1. The van der Waals surface area contributed by atoms with Crippen LogP contribution >= 0.6 is 11.6 Å². The Balaban J connectivity index is 1.96. The first-order chi connectivity index (χ1) is 11.7. The van der Waals surface area contributed by atoms with E-state index in [1.807, 2.05) is 31.2 Å². The van der Waals surface area contributed by atoms with Crippen LogP contribution in [0.15, 0.2) is 36.4 Å². The van der Waals surface area contributed by atoms with Crippen LogP contribution in [0, 0.1) is 0 Å². The quantitative estimate of drug-likeness (QED) is 0.505. The van der Waals surface area contributed by atoms with Crippen molar-refractivity contribution in [1.29, 1.82) is 0 Å². The largest absolute Gasteiger partial charge is 0.493 e. The molecule has 0 radical (unpaired) electrons. The number of rotatable bonds is 9. The van der Waals surface area contributed by atoms with Crippen molar-refractivity contribution in [3.63, 3.8) is 0 Å². The molecule has 0 aliphatic heterocycles. The Kier molecular flexibility index (Phi) is 6.75. The highest BCUT2D eigenvalue weighted by Gasteiger charge is 2.11. The van der Waals surface area contributed by atoms with Gasteiger partial charge in [0.25, 0.3) is 0 Å². The second-order valence-corrected chi connectivity index (χ2v) is 5.13. The lowest BCUT2D eigenvalue weighted by molar-refractivity contribution is 0.111. The third-order valence-electron chi connectivity index (χ3n) is 3.16. The minimum absolute atomic E-state index is 0.282. The van der Waals surface area contributed by atoms with Crippen molar-refractivity contribution in [2.75, 3.05) is 26.9 Å². The lowest BCUT2D eigenvalue weighted by Crippen LogP contribution is -2.10. The molecular formula is C18H19ClO5. The Labute approximate surface area is 146 Å². The molecule has 0 aliphatic rings. The lowest BCUT2D eigenvalue weighted by Gasteiger charge is -2.13. The van der Waals surface area contributed by atoms with Gasteiger partial charge >= 0.3 is 0 Å². The van der Waals surface area contributed by atoms with Crippen molar-refractivity contribution in [2.24, 2.45) is 0 Å². The highest BCUT2D eigenvalue weighted by molar-refractivity contribution is 6.32. The van der Waals surface area contributed by atoms with E-state index in [9.17, 15) is 4.79 Å². The number of carbonyl (C=O) groups excluding carboxylic acids is 1. The number of para-hydroxylation sites is 2. The van der Waals surface area contributed by atoms with Gasteiger partial charge in [0.1, 0.15) is 24.7 Å². The topological polar surface area (TPSA) is 54.0 Å². The monoisotopic (exact) mass is 350 g/mol. The Morgan fingerprint density at radius 3 is 2.25 bits per heavy atom. The van der Waals surface area contributed by atoms with Crippen molar-refractivity contribution in [1.82, 2.24) is 0 Å². The van der Waals surface area contributed by atoms with Crippen molar-refractivity contribution in [3.05, 3.63) is 47.0 Å². The molecule has 0 fully saturated rings. The van der Waals surface area contributed by atoms with Gasteiger partial charge in [-0.05, 0) is 25.1 Å². The van der Waals surface area contributed by atoms with Crippen molar-refractivity contribution >= 4 is 17.9 Å². The van der Waals surface area contributed by atoms with Gasteiger partial charge in [-0.15, -0.1) is 0 Å². The standard InChI is InChI=1S/C18H19ClO5/c1-3-22-17-11-18(14(19)10-13(17)12-20)24-9-8-23-16-7-5-4-6-15(16)21-2/h4-7,10-12H,3,8-9H2,1-2H3. The molecule has 0 bridgehead atoms. The molecule has 0 unspecified atom stereocenters. The molecule has 128 valence electrons. The molecule has 0 heterocycles. The number of aldehydes is 1. The molecule has 2 rings (SSSR count). The zero-order valence-corrected chi connectivity index (χ0v) is 14.3. The zero-order chi connectivity index (χ0) is 17.4. The van der Waals surface area contributed by atoms with Gasteiger partial charge in [0.15, 0.2) is 17.8 Å². The highest BCUT2D eigenvalue weighted by atomic mass is 35.5. The van der Waals surface area contributed by atoms with Gasteiger partial charge in [-0.2, -0.15) is 0 Å². The van der Waals surface area contributed by atoms with Crippen molar-refractivity contribution < 1.29 is 23.7 Å². The van der Waals surface area contributed by atoms with Gasteiger partial charge in [0, 0.05) is 6.07 Å². The summed E-state index contributed by atoms with van der Waals surface area (Å²) in [6.07, 6.45) is 0.700. The fourth-order valence-electron chi connectivity index (χ4n) is 2.07. The number of hydrogen-bond donors (Lipinski definition) is 0. The summed E-state index contributed by atoms with van der Waals surface area (Å²) in [4.78, 5) is 11.0. The van der Waals surface area contributed by atoms with Gasteiger partial charge in [-0.3, -0.25) is 4.79 Å². The van der Waals surface area contributed by atoms with Crippen LogP contribution in [-0.2, 0) is 0 Å². The van der Waals surface area contributed by atoms with Gasteiger partial charge in [0.05, 0.1) is 24.3 Å². The highest BCUT2D eigenvalue weighted by Crippen LogP contribution is 2.32. The van der Waals surface area contributed by atoms with Gasteiger partial charge in [-0.1, -0.05) is 23.7 Å². The Morgan fingerprint density at radius 1 is 0.958 bits per heavy atom. The first-order valence-corrected chi connectivity index (χ1v) is 7.87. The molecule has 0 N–H and O–H groups in total. The van der Waals surface area contributed by atoms with E-state index < -0.39 is 0 Å². The maximum Gasteiger partial charge on any atom is 0.161 e. The van der Waals surface area contributed by atoms with Crippen LogP contribution in [0.2, 0.25) is 5.02 Å². The molecule has 0 aromatic heterocycles. The summed E-state index contributed by atoms with van der Waals surface area (Å²) in [5.74, 6) is 2.18. The molecular weight excluding hydrogens is 332 g/mol. The van der Waals surface area contributed by atoms with E-state index in [1.54, 1.807) is 13.2 Å². The van der Waals surface area contributed by atoms with E-state index >= 15 is 0 Å². The van der Waals surface area contributed by atoms with Crippen LogP contribution in [0.25, 0.3) is 0 Å². The molecule has 0 atom stereocenters. The molecule has 2 aromatic rings. The molecule has 24 heavy (non-hydrogen) atoms. The predicted octanol–water partition coefficient (Wildman–Crippen LogP) is 4.02. The third-order valence-corrected chi connectivity index (χ3v) is 3.45. The number of benzene rings is 2. The van der Waals surface area contributed by atoms with E-state index in [2.05, 4.69) is 0 Å². The molecule has 0 spiro atoms. The Hall–Kier alpha value is -2.40. The van der Waals surface area contributed by atoms with Crippen LogP contribution in [0.1, 0.15) is 17.3 Å².